The van der Waals surface area contributed by atoms with Crippen LogP contribution in [0.3, 0.4) is 0 Å². The van der Waals surface area contributed by atoms with E-state index in [-0.39, 0.29) is 54.0 Å². The van der Waals surface area contributed by atoms with Crippen LogP contribution in [0.5, 0.6) is 0 Å². The fourth-order valence-electron chi connectivity index (χ4n) is 8.27. The van der Waals surface area contributed by atoms with Crippen LogP contribution in [-0.2, 0) is 28.5 Å². The Morgan fingerprint density at radius 1 is 0.962 bits per heavy atom. The van der Waals surface area contributed by atoms with Gasteiger partial charge in [0, 0.05) is 50.8 Å². The largest absolute Gasteiger partial charge is 0.460 e. The molecule has 13 heteroatoms. The Morgan fingerprint density at radius 3 is 2.35 bits per heavy atom. The molecule has 3 atom stereocenters. The van der Waals surface area contributed by atoms with E-state index in [1.165, 1.54) is 0 Å². The van der Waals surface area contributed by atoms with Gasteiger partial charge in [0.1, 0.15) is 23.9 Å². The van der Waals surface area contributed by atoms with Crippen molar-refractivity contribution in [2.45, 2.75) is 109 Å². The van der Waals surface area contributed by atoms with Gasteiger partial charge in [0.2, 0.25) is 17.6 Å². The minimum Gasteiger partial charge on any atom is -0.460 e. The molecule has 2 aromatic rings. The lowest BCUT2D eigenvalue weighted by molar-refractivity contribution is -0.142. The lowest BCUT2D eigenvalue weighted by Gasteiger charge is -2.38. The summed E-state index contributed by atoms with van der Waals surface area (Å²) in [5, 5.41) is 6.41. The van der Waals surface area contributed by atoms with E-state index in [0.29, 0.717) is 61.9 Å². The number of fused-ring (bicyclic) bond motifs is 1. The van der Waals surface area contributed by atoms with Crippen LogP contribution >= 0.6 is 0 Å². The smallest absolute Gasteiger partial charge is 0.407 e. The Morgan fingerprint density at radius 2 is 1.69 bits per heavy atom. The molecule has 0 bridgehead atoms. The number of carbonyl (C=O) groups excluding carboxylic acids is 4. The maximum Gasteiger partial charge on any atom is 0.407 e. The fourth-order valence-corrected chi connectivity index (χ4v) is 8.27. The minimum absolute atomic E-state index is 0.00387. The second-order valence-corrected chi connectivity index (χ2v) is 15.6. The number of nitrogens with zero attached hydrogens (tertiary/aromatic N) is 1. The van der Waals surface area contributed by atoms with Gasteiger partial charge in [-0.2, -0.15) is 0 Å². The molecule has 2 heterocycles. The standard InChI is InChI=1S/C39H56FN3O9/c1-39(2,3)52-38(47)42-31(23-40)25-7-9-26(10-8-25)36(45)43-18-17-30(24-11-14-29(49-5)15-12-24)34(43)35(44)41-28-13-16-32-27(21-28)22-33(51-32)37(46)50-20-6-19-48-4/h13,16,21-22,24-26,29-31,34H,6-12,14-15,17-20,23H2,1-5H3,(H,41,44)(H,42,47)/t24-,25-,26-,29-,30-,31+,34-/m0/s1. The number of carbonyl (C=O) groups is 4. The Kier molecular flexibility index (Phi) is 13.6. The number of furan rings is 1. The number of alkyl carbamates (subject to hydrolysis) is 1. The molecular formula is C39H56FN3O9. The van der Waals surface area contributed by atoms with Gasteiger partial charge in [-0.05, 0) is 121 Å². The van der Waals surface area contributed by atoms with Gasteiger partial charge in [-0.1, -0.05) is 0 Å². The molecule has 3 amide bonds. The molecule has 3 fully saturated rings. The molecule has 1 aromatic heterocycles. The monoisotopic (exact) mass is 729 g/mol. The van der Waals surface area contributed by atoms with E-state index < -0.39 is 36.4 Å². The van der Waals surface area contributed by atoms with Crippen LogP contribution in [0.1, 0.15) is 95.5 Å². The molecule has 1 aliphatic heterocycles. The number of esters is 1. The SMILES string of the molecule is COCCCOC(=O)c1cc2cc(NC(=O)[C@@H]3[C@H]([C@H]4CC[C@H](OC)CC4)CCN3C(=O)[C@H]3CC[C@H]([C@@H](CF)NC(=O)OC(C)(C)C)CC3)ccc2o1. The van der Waals surface area contributed by atoms with Crippen molar-refractivity contribution in [2.24, 2.45) is 23.7 Å². The van der Waals surface area contributed by atoms with Gasteiger partial charge >= 0.3 is 12.1 Å². The summed E-state index contributed by atoms with van der Waals surface area (Å²) in [6.07, 6.45) is 6.87. The second-order valence-electron chi connectivity index (χ2n) is 15.6. The molecule has 0 spiro atoms. The highest BCUT2D eigenvalue weighted by Crippen LogP contribution is 2.42. The van der Waals surface area contributed by atoms with E-state index in [2.05, 4.69) is 10.6 Å². The lowest BCUT2D eigenvalue weighted by Crippen LogP contribution is -2.50. The molecule has 5 rings (SSSR count). The Bertz CT molecular complexity index is 1520. The van der Waals surface area contributed by atoms with E-state index >= 15 is 0 Å². The van der Waals surface area contributed by atoms with Crippen LogP contribution in [-0.4, -0.2) is 93.2 Å². The number of amides is 3. The van der Waals surface area contributed by atoms with Gasteiger partial charge in [0.05, 0.1) is 18.8 Å². The average Bonchev–Trinajstić information content (AvgIpc) is 3.77. The third-order valence-corrected chi connectivity index (χ3v) is 10.9. The van der Waals surface area contributed by atoms with Gasteiger partial charge < -0.3 is 38.9 Å². The highest BCUT2D eigenvalue weighted by atomic mass is 19.1. The zero-order valence-corrected chi connectivity index (χ0v) is 31.2. The third kappa shape index (κ3) is 10.0. The summed E-state index contributed by atoms with van der Waals surface area (Å²) in [7, 11) is 3.32. The van der Waals surface area contributed by atoms with E-state index in [9.17, 15) is 23.6 Å². The summed E-state index contributed by atoms with van der Waals surface area (Å²) in [4.78, 5) is 55.1. The quantitative estimate of drug-likeness (QED) is 0.171. The zero-order valence-electron chi connectivity index (χ0n) is 31.2. The number of alkyl halides is 1. The predicted molar refractivity (Wildman–Crippen MR) is 193 cm³/mol. The normalized spacial score (nSPS) is 25.8. The van der Waals surface area contributed by atoms with Crippen molar-refractivity contribution < 1.29 is 46.9 Å². The van der Waals surface area contributed by atoms with Crippen molar-refractivity contribution in [2.75, 3.05) is 46.0 Å². The maximum atomic E-state index is 14.3. The maximum absolute atomic E-state index is 14.3. The summed E-state index contributed by atoms with van der Waals surface area (Å²) in [5.74, 6) is -0.885. The number of rotatable bonds is 13. The first-order chi connectivity index (χ1) is 24.9. The first kappa shape index (κ1) is 39.5. The van der Waals surface area contributed by atoms with Crippen molar-refractivity contribution in [3.05, 3.63) is 30.0 Å². The van der Waals surface area contributed by atoms with Crippen molar-refractivity contribution in [3.63, 3.8) is 0 Å². The number of ether oxygens (including phenoxy) is 4. The molecule has 0 radical (unpaired) electrons. The zero-order chi connectivity index (χ0) is 37.4. The van der Waals surface area contributed by atoms with E-state index in [0.717, 1.165) is 32.1 Å². The molecule has 12 nitrogen and oxygen atoms in total. The van der Waals surface area contributed by atoms with Crippen molar-refractivity contribution in [1.82, 2.24) is 10.2 Å². The van der Waals surface area contributed by atoms with Crippen LogP contribution in [0.15, 0.2) is 28.7 Å². The Balaban J connectivity index is 1.27. The highest BCUT2D eigenvalue weighted by molar-refractivity contribution is 6.00. The molecule has 0 unspecified atom stereocenters. The van der Waals surface area contributed by atoms with E-state index in [4.69, 9.17) is 23.4 Å². The number of nitrogens with one attached hydrogen (secondary N) is 2. The molecule has 3 aliphatic rings. The van der Waals surface area contributed by atoms with Gasteiger partial charge in [-0.15, -0.1) is 0 Å². The van der Waals surface area contributed by atoms with Crippen LogP contribution in [0.2, 0.25) is 0 Å². The number of methoxy groups -OCH3 is 2. The molecule has 288 valence electrons. The Hall–Kier alpha value is -3.71. The number of hydrogen-bond acceptors (Lipinski definition) is 9. The molecule has 2 N–H and O–H groups in total. The summed E-state index contributed by atoms with van der Waals surface area (Å²) in [5.41, 5.74) is 0.332. The molecule has 2 aliphatic carbocycles. The fraction of sp³-hybridized carbons (Fsp3) is 0.692. The average molecular weight is 730 g/mol. The molecule has 52 heavy (non-hydrogen) atoms. The number of hydrogen-bond donors (Lipinski definition) is 2. The van der Waals surface area contributed by atoms with Gasteiger partial charge in [0.15, 0.2) is 0 Å². The molecule has 1 aromatic carbocycles. The summed E-state index contributed by atoms with van der Waals surface area (Å²) in [6.45, 7) is 5.75. The third-order valence-electron chi connectivity index (χ3n) is 10.9. The first-order valence-electron chi connectivity index (χ1n) is 18.8. The van der Waals surface area contributed by atoms with Gasteiger partial charge in [-0.25, -0.2) is 14.0 Å². The summed E-state index contributed by atoms with van der Waals surface area (Å²) in [6, 6.07) is 5.46. The topological polar surface area (TPSA) is 146 Å². The number of anilines is 1. The van der Waals surface area contributed by atoms with Crippen LogP contribution in [0, 0.1) is 23.7 Å². The van der Waals surface area contributed by atoms with Crippen LogP contribution in [0.4, 0.5) is 14.9 Å². The second kappa shape index (κ2) is 17.9. The van der Waals surface area contributed by atoms with E-state index in [1.807, 2.05) is 0 Å². The molecule has 2 saturated carbocycles. The minimum atomic E-state index is -0.714. The highest BCUT2D eigenvalue weighted by Gasteiger charge is 2.47. The summed E-state index contributed by atoms with van der Waals surface area (Å²) >= 11 is 0. The Labute approximate surface area is 305 Å². The predicted octanol–water partition coefficient (Wildman–Crippen LogP) is 6.66. The number of benzene rings is 1. The summed E-state index contributed by atoms with van der Waals surface area (Å²) < 4.78 is 41.0. The van der Waals surface area contributed by atoms with Crippen LogP contribution in [0.25, 0.3) is 11.0 Å². The first-order valence-corrected chi connectivity index (χ1v) is 18.8. The van der Waals surface area contributed by atoms with Gasteiger partial charge in [-0.3, -0.25) is 9.59 Å². The van der Waals surface area contributed by atoms with E-state index in [1.54, 1.807) is 64.2 Å². The number of halogens is 1. The van der Waals surface area contributed by atoms with Crippen molar-refractivity contribution in [3.8, 4) is 0 Å². The molecular weight excluding hydrogens is 673 g/mol. The number of likely N-dealkylation sites (tertiary alicyclic amines) is 1. The molecule has 1 saturated heterocycles. The van der Waals surface area contributed by atoms with Gasteiger partial charge in [0.25, 0.3) is 0 Å². The van der Waals surface area contributed by atoms with Crippen molar-refractivity contribution in [1.29, 1.82) is 0 Å². The van der Waals surface area contributed by atoms with Crippen LogP contribution < -0.4 is 10.6 Å². The lowest BCUT2D eigenvalue weighted by atomic mass is 9.75. The van der Waals surface area contributed by atoms with Crippen molar-refractivity contribution >= 4 is 40.5 Å².